The van der Waals surface area contributed by atoms with E-state index in [0.29, 0.717) is 19.0 Å². The topological polar surface area (TPSA) is 63.6 Å². The highest BCUT2D eigenvalue weighted by Gasteiger charge is 2.09. The Labute approximate surface area is 110 Å². The van der Waals surface area contributed by atoms with Crippen molar-refractivity contribution in [1.29, 1.82) is 0 Å². The molecule has 106 valence electrons. The lowest BCUT2D eigenvalue weighted by Crippen LogP contribution is -2.08. The molecular weight excluding hydrogens is 232 g/mol. The fraction of sp³-hybridized carbons (Fsp3) is 0.857. The van der Waals surface area contributed by atoms with Gasteiger partial charge in [-0.3, -0.25) is 9.59 Å². The van der Waals surface area contributed by atoms with Crippen molar-refractivity contribution in [1.82, 2.24) is 0 Å². The van der Waals surface area contributed by atoms with Crippen molar-refractivity contribution in [2.24, 2.45) is 11.8 Å². The summed E-state index contributed by atoms with van der Waals surface area (Å²) in [7, 11) is 0. The first-order valence-corrected chi connectivity index (χ1v) is 6.86. The van der Waals surface area contributed by atoms with Crippen LogP contribution in [-0.4, -0.2) is 24.2 Å². The highest BCUT2D eigenvalue weighted by Crippen LogP contribution is 2.15. The summed E-state index contributed by atoms with van der Waals surface area (Å²) >= 11 is 0. The number of unbranched alkanes of at least 4 members (excludes halogenated alkanes) is 3. The molecule has 0 radical (unpaired) electrons. The summed E-state index contributed by atoms with van der Waals surface area (Å²) in [5.41, 5.74) is 0. The van der Waals surface area contributed by atoms with Crippen LogP contribution in [0, 0.1) is 11.8 Å². The number of hydrogen-bond donors (Lipinski definition) is 1. The smallest absolute Gasteiger partial charge is 0.306 e. The van der Waals surface area contributed by atoms with E-state index in [1.165, 1.54) is 6.42 Å². The van der Waals surface area contributed by atoms with Gasteiger partial charge in [-0.1, -0.05) is 46.0 Å². The maximum Gasteiger partial charge on any atom is 0.306 e. The van der Waals surface area contributed by atoms with Crippen molar-refractivity contribution >= 4 is 12.4 Å². The molecule has 0 aliphatic rings. The Morgan fingerprint density at radius 1 is 1.11 bits per heavy atom. The predicted octanol–water partition coefficient (Wildman–Crippen LogP) is 3.25. The van der Waals surface area contributed by atoms with Gasteiger partial charge in [0.1, 0.15) is 0 Å². The first-order chi connectivity index (χ1) is 8.57. The highest BCUT2D eigenvalue weighted by atomic mass is 16.5. The van der Waals surface area contributed by atoms with E-state index in [1.54, 1.807) is 6.92 Å². The zero-order valence-electron chi connectivity index (χ0n) is 11.6. The lowest BCUT2D eigenvalue weighted by molar-refractivity contribution is -0.141. The molecule has 1 N–H and O–H groups in total. The average Bonchev–Trinajstić information content (AvgIpc) is 2.33. The molecule has 0 aromatic carbocycles. The normalized spacial score (nSPS) is 13.9. The van der Waals surface area contributed by atoms with Crippen LogP contribution < -0.4 is 0 Å². The predicted molar refractivity (Wildman–Crippen MR) is 70.3 cm³/mol. The SMILES string of the molecule is CC(CCCCCCC(C)C(=O)O)CCOC=O. The fourth-order valence-electron chi connectivity index (χ4n) is 1.88. The number of carbonyl (C=O) groups is 2. The third kappa shape index (κ3) is 10.1. The average molecular weight is 258 g/mol. The van der Waals surface area contributed by atoms with Crippen molar-refractivity contribution in [3.8, 4) is 0 Å². The first-order valence-electron chi connectivity index (χ1n) is 6.86. The quantitative estimate of drug-likeness (QED) is 0.431. The van der Waals surface area contributed by atoms with Crippen molar-refractivity contribution in [2.45, 2.75) is 58.8 Å². The van der Waals surface area contributed by atoms with Crippen LogP contribution in [-0.2, 0) is 14.3 Å². The molecule has 0 fully saturated rings. The van der Waals surface area contributed by atoms with Gasteiger partial charge in [-0.15, -0.1) is 0 Å². The van der Waals surface area contributed by atoms with Crippen molar-refractivity contribution in [3.05, 3.63) is 0 Å². The summed E-state index contributed by atoms with van der Waals surface area (Å²) in [5.74, 6) is -0.328. The fourth-order valence-corrected chi connectivity index (χ4v) is 1.88. The van der Waals surface area contributed by atoms with E-state index in [1.807, 2.05) is 0 Å². The molecule has 0 aromatic heterocycles. The Morgan fingerprint density at radius 3 is 2.28 bits per heavy atom. The number of carboxylic acid groups (broad SMARTS) is 1. The standard InChI is InChI=1S/C14H26O4/c1-12(9-10-18-11-15)7-5-3-4-6-8-13(2)14(16)17/h11-13H,3-10H2,1-2H3,(H,16,17). The maximum absolute atomic E-state index is 10.6. The van der Waals surface area contributed by atoms with Crippen LogP contribution in [0.4, 0.5) is 0 Å². The molecule has 0 aromatic rings. The molecule has 0 aliphatic carbocycles. The van der Waals surface area contributed by atoms with Crippen LogP contribution in [0.3, 0.4) is 0 Å². The summed E-state index contributed by atoms with van der Waals surface area (Å²) in [5, 5.41) is 8.72. The van der Waals surface area contributed by atoms with Crippen molar-refractivity contribution in [2.75, 3.05) is 6.61 Å². The first kappa shape index (κ1) is 16.9. The molecule has 0 bridgehead atoms. The van der Waals surface area contributed by atoms with E-state index >= 15 is 0 Å². The number of aliphatic carboxylic acids is 1. The van der Waals surface area contributed by atoms with Gasteiger partial charge in [-0.2, -0.15) is 0 Å². The second-order valence-corrected chi connectivity index (χ2v) is 5.09. The monoisotopic (exact) mass is 258 g/mol. The Morgan fingerprint density at radius 2 is 1.72 bits per heavy atom. The summed E-state index contributed by atoms with van der Waals surface area (Å²) < 4.78 is 4.66. The van der Waals surface area contributed by atoms with Gasteiger partial charge in [-0.05, 0) is 18.8 Å². The van der Waals surface area contributed by atoms with Crippen LogP contribution in [0.15, 0.2) is 0 Å². The van der Waals surface area contributed by atoms with Gasteiger partial charge >= 0.3 is 5.97 Å². The van der Waals surface area contributed by atoms with Crippen LogP contribution in [0.5, 0.6) is 0 Å². The molecule has 2 atom stereocenters. The van der Waals surface area contributed by atoms with Crippen LogP contribution in [0.1, 0.15) is 58.8 Å². The summed E-state index contributed by atoms with van der Waals surface area (Å²) in [4.78, 5) is 20.6. The molecule has 0 saturated heterocycles. The van der Waals surface area contributed by atoms with Gasteiger partial charge in [0.05, 0.1) is 12.5 Å². The largest absolute Gasteiger partial charge is 0.481 e. The summed E-state index contributed by atoms with van der Waals surface area (Å²) in [6, 6.07) is 0. The van der Waals surface area contributed by atoms with E-state index in [0.717, 1.165) is 38.5 Å². The number of hydrogen-bond acceptors (Lipinski definition) is 3. The molecule has 0 spiro atoms. The Kier molecular flexibility index (Phi) is 10.4. The van der Waals surface area contributed by atoms with E-state index in [-0.39, 0.29) is 5.92 Å². The Bertz CT molecular complexity index is 228. The molecule has 2 unspecified atom stereocenters. The molecule has 4 nitrogen and oxygen atoms in total. The third-order valence-electron chi connectivity index (χ3n) is 3.30. The molecule has 0 aliphatic heterocycles. The molecule has 0 saturated carbocycles. The lowest BCUT2D eigenvalue weighted by Gasteiger charge is -2.10. The number of rotatable bonds is 12. The molecule has 18 heavy (non-hydrogen) atoms. The molecule has 0 heterocycles. The second-order valence-electron chi connectivity index (χ2n) is 5.09. The van der Waals surface area contributed by atoms with Crippen LogP contribution in [0.25, 0.3) is 0 Å². The zero-order valence-corrected chi connectivity index (χ0v) is 11.6. The lowest BCUT2D eigenvalue weighted by atomic mass is 9.98. The molecule has 4 heteroatoms. The van der Waals surface area contributed by atoms with Crippen LogP contribution >= 0.6 is 0 Å². The van der Waals surface area contributed by atoms with Crippen LogP contribution in [0.2, 0.25) is 0 Å². The van der Waals surface area contributed by atoms with Gasteiger partial charge in [0.25, 0.3) is 6.47 Å². The van der Waals surface area contributed by atoms with E-state index < -0.39 is 5.97 Å². The number of carboxylic acids is 1. The van der Waals surface area contributed by atoms with E-state index in [2.05, 4.69) is 11.7 Å². The van der Waals surface area contributed by atoms with Gasteiger partial charge in [0.15, 0.2) is 0 Å². The van der Waals surface area contributed by atoms with Gasteiger partial charge in [0, 0.05) is 0 Å². The second kappa shape index (κ2) is 11.1. The van der Waals surface area contributed by atoms with Crippen molar-refractivity contribution in [3.63, 3.8) is 0 Å². The summed E-state index contributed by atoms with van der Waals surface area (Å²) in [6.45, 7) is 4.94. The molecule has 0 rings (SSSR count). The zero-order chi connectivity index (χ0) is 13.8. The van der Waals surface area contributed by atoms with E-state index in [9.17, 15) is 9.59 Å². The molecule has 0 amide bonds. The van der Waals surface area contributed by atoms with Crippen molar-refractivity contribution < 1.29 is 19.4 Å². The van der Waals surface area contributed by atoms with Gasteiger partial charge < -0.3 is 9.84 Å². The van der Waals surface area contributed by atoms with Gasteiger partial charge in [-0.25, -0.2) is 0 Å². The van der Waals surface area contributed by atoms with E-state index in [4.69, 9.17) is 5.11 Å². The molecular formula is C14H26O4. The summed E-state index contributed by atoms with van der Waals surface area (Å²) in [6.07, 6.45) is 7.28. The minimum atomic E-state index is -0.696. The Hall–Kier alpha value is -1.06. The Balaban J connectivity index is 3.29. The maximum atomic E-state index is 10.6. The number of carbonyl (C=O) groups excluding carboxylic acids is 1. The highest BCUT2D eigenvalue weighted by molar-refractivity contribution is 5.69. The third-order valence-corrected chi connectivity index (χ3v) is 3.30. The van der Waals surface area contributed by atoms with Gasteiger partial charge in [0.2, 0.25) is 0 Å². The minimum Gasteiger partial charge on any atom is -0.481 e. The minimum absolute atomic E-state index is 0.218. The number of ether oxygens (including phenoxy) is 1.